The minimum atomic E-state index is 0.303. The first kappa shape index (κ1) is 19.9. The van der Waals surface area contributed by atoms with Crippen LogP contribution in [0.1, 0.15) is 84.8 Å². The molecule has 0 aromatic heterocycles. The molecule has 0 aliphatic carbocycles. The molecule has 23 heavy (non-hydrogen) atoms. The van der Waals surface area contributed by atoms with Gasteiger partial charge in [-0.05, 0) is 61.5 Å². The largest absolute Gasteiger partial charge is 0.508 e. The number of phenolic OH excluding ortho intramolecular Hbond substituents is 2. The summed E-state index contributed by atoms with van der Waals surface area (Å²) in [5.74, 6) is 0.671. The molecule has 2 heteroatoms. The highest BCUT2D eigenvalue weighted by molar-refractivity contribution is 5.47. The summed E-state index contributed by atoms with van der Waals surface area (Å²) in [7, 11) is 0. The number of rotatable bonds is 8. The van der Waals surface area contributed by atoms with Crippen molar-refractivity contribution in [2.45, 2.75) is 86.5 Å². The Morgan fingerprint density at radius 3 is 1.61 bits per heavy atom. The van der Waals surface area contributed by atoms with Crippen LogP contribution in [-0.4, -0.2) is 10.2 Å². The first-order valence-electron chi connectivity index (χ1n) is 9.08. The van der Waals surface area contributed by atoms with E-state index < -0.39 is 0 Å². The van der Waals surface area contributed by atoms with Crippen LogP contribution < -0.4 is 0 Å². The Hall–Kier alpha value is -1.18. The lowest BCUT2D eigenvalue weighted by Crippen LogP contribution is -2.10. The van der Waals surface area contributed by atoms with Gasteiger partial charge in [0, 0.05) is 11.1 Å². The third-order valence-electron chi connectivity index (χ3n) is 4.97. The topological polar surface area (TPSA) is 40.5 Å². The molecule has 0 atom stereocenters. The lowest BCUT2D eigenvalue weighted by molar-refractivity contribution is 0.312. The molecule has 1 rings (SSSR count). The fourth-order valence-electron chi connectivity index (χ4n) is 2.94. The Kier molecular flexibility index (Phi) is 6.98. The average Bonchev–Trinajstić information content (AvgIpc) is 2.44. The van der Waals surface area contributed by atoms with E-state index in [0.29, 0.717) is 22.3 Å². The summed E-state index contributed by atoms with van der Waals surface area (Å²) in [6.45, 7) is 13.5. The molecule has 2 nitrogen and oxygen atoms in total. The van der Waals surface area contributed by atoms with Crippen molar-refractivity contribution in [1.29, 1.82) is 0 Å². The highest BCUT2D eigenvalue weighted by Crippen LogP contribution is 2.34. The summed E-state index contributed by atoms with van der Waals surface area (Å²) in [6.07, 6.45) is 7.18. The highest BCUT2D eigenvalue weighted by atomic mass is 16.3. The van der Waals surface area contributed by atoms with Crippen molar-refractivity contribution in [3.63, 3.8) is 0 Å². The van der Waals surface area contributed by atoms with Crippen LogP contribution in [0.15, 0.2) is 12.1 Å². The van der Waals surface area contributed by atoms with Crippen LogP contribution in [0.3, 0.4) is 0 Å². The highest BCUT2D eigenvalue weighted by Gasteiger charge is 2.18. The Morgan fingerprint density at radius 1 is 0.783 bits per heavy atom. The van der Waals surface area contributed by atoms with Gasteiger partial charge in [-0.3, -0.25) is 0 Å². The molecule has 0 saturated heterocycles. The van der Waals surface area contributed by atoms with Gasteiger partial charge < -0.3 is 10.2 Å². The molecule has 0 spiro atoms. The van der Waals surface area contributed by atoms with Gasteiger partial charge in [-0.1, -0.05) is 48.0 Å². The van der Waals surface area contributed by atoms with Gasteiger partial charge in [0.05, 0.1) is 0 Å². The molecule has 0 unspecified atom stereocenters. The van der Waals surface area contributed by atoms with E-state index in [0.717, 1.165) is 56.1 Å². The summed E-state index contributed by atoms with van der Waals surface area (Å²) < 4.78 is 0. The monoisotopic (exact) mass is 320 g/mol. The van der Waals surface area contributed by atoms with Gasteiger partial charge in [0.2, 0.25) is 0 Å². The van der Waals surface area contributed by atoms with E-state index in [-0.39, 0.29) is 0 Å². The van der Waals surface area contributed by atoms with Crippen molar-refractivity contribution in [2.24, 2.45) is 10.8 Å². The lowest BCUT2D eigenvalue weighted by atomic mass is 9.83. The molecule has 1 aromatic rings. The quantitative estimate of drug-likeness (QED) is 0.558. The lowest BCUT2D eigenvalue weighted by Gasteiger charge is -2.23. The van der Waals surface area contributed by atoms with E-state index in [1.807, 2.05) is 0 Å². The van der Waals surface area contributed by atoms with E-state index in [9.17, 15) is 10.2 Å². The maximum atomic E-state index is 10.3. The van der Waals surface area contributed by atoms with E-state index in [1.165, 1.54) is 0 Å². The van der Waals surface area contributed by atoms with Crippen LogP contribution >= 0.6 is 0 Å². The van der Waals surface area contributed by atoms with Crippen LogP contribution in [0.25, 0.3) is 0 Å². The summed E-state index contributed by atoms with van der Waals surface area (Å²) in [5, 5.41) is 20.5. The summed E-state index contributed by atoms with van der Waals surface area (Å²) in [6, 6.07) is 3.25. The average molecular weight is 321 g/mol. The molecular weight excluding hydrogens is 284 g/mol. The van der Waals surface area contributed by atoms with Gasteiger partial charge in [0.1, 0.15) is 11.5 Å². The van der Waals surface area contributed by atoms with Crippen molar-refractivity contribution in [1.82, 2.24) is 0 Å². The van der Waals surface area contributed by atoms with Crippen molar-refractivity contribution in [2.75, 3.05) is 0 Å². The van der Waals surface area contributed by atoms with Crippen LogP contribution in [0.2, 0.25) is 0 Å². The third kappa shape index (κ3) is 6.85. The molecule has 0 radical (unpaired) electrons. The molecule has 0 heterocycles. The van der Waals surface area contributed by atoms with E-state index >= 15 is 0 Å². The summed E-state index contributed by atoms with van der Waals surface area (Å²) in [5.41, 5.74) is 2.55. The van der Waals surface area contributed by atoms with Gasteiger partial charge in [0.25, 0.3) is 0 Å². The Balaban J connectivity index is 2.79. The summed E-state index contributed by atoms with van der Waals surface area (Å²) >= 11 is 0. The van der Waals surface area contributed by atoms with Crippen molar-refractivity contribution < 1.29 is 10.2 Å². The second kappa shape index (κ2) is 8.08. The molecule has 0 bridgehead atoms. The van der Waals surface area contributed by atoms with Gasteiger partial charge in [-0.2, -0.15) is 0 Å². The number of benzene rings is 1. The summed E-state index contributed by atoms with van der Waals surface area (Å²) in [4.78, 5) is 0. The van der Waals surface area contributed by atoms with E-state index in [1.54, 1.807) is 12.1 Å². The van der Waals surface area contributed by atoms with Gasteiger partial charge >= 0.3 is 0 Å². The molecule has 0 saturated carbocycles. The zero-order valence-corrected chi connectivity index (χ0v) is 16.0. The Morgan fingerprint density at radius 2 is 1.22 bits per heavy atom. The Bertz CT molecular complexity index is 495. The maximum absolute atomic E-state index is 10.3. The molecular formula is C21H36O2. The van der Waals surface area contributed by atoms with Crippen molar-refractivity contribution in [3.8, 4) is 11.5 Å². The zero-order valence-electron chi connectivity index (χ0n) is 16.0. The first-order valence-corrected chi connectivity index (χ1v) is 9.08. The van der Waals surface area contributed by atoms with E-state index in [4.69, 9.17) is 0 Å². The van der Waals surface area contributed by atoms with Crippen LogP contribution in [0.4, 0.5) is 0 Å². The number of hydrogen-bond acceptors (Lipinski definition) is 2. The number of aromatic hydroxyl groups is 2. The number of phenols is 2. The predicted octanol–water partition coefficient (Wildman–Crippen LogP) is 6.23. The van der Waals surface area contributed by atoms with Crippen LogP contribution in [0, 0.1) is 10.8 Å². The maximum Gasteiger partial charge on any atom is 0.119 e. The minimum absolute atomic E-state index is 0.303. The normalized spacial score (nSPS) is 12.6. The van der Waals surface area contributed by atoms with Gasteiger partial charge in [0.15, 0.2) is 0 Å². The SMILES string of the molecule is CCC(C)(C)CCCc1c(O)ccc(O)c1CCCC(C)(C)C. The number of hydrogen-bond donors (Lipinski definition) is 2. The smallest absolute Gasteiger partial charge is 0.119 e. The van der Waals surface area contributed by atoms with Crippen molar-refractivity contribution >= 4 is 0 Å². The van der Waals surface area contributed by atoms with Crippen LogP contribution in [-0.2, 0) is 12.8 Å². The van der Waals surface area contributed by atoms with Gasteiger partial charge in [-0.15, -0.1) is 0 Å². The Labute approximate surface area is 142 Å². The van der Waals surface area contributed by atoms with Crippen molar-refractivity contribution in [3.05, 3.63) is 23.3 Å². The van der Waals surface area contributed by atoms with Gasteiger partial charge in [-0.25, -0.2) is 0 Å². The molecule has 2 N–H and O–H groups in total. The molecule has 132 valence electrons. The second-order valence-electron chi connectivity index (χ2n) is 8.85. The van der Waals surface area contributed by atoms with E-state index in [2.05, 4.69) is 41.5 Å². The van der Waals surface area contributed by atoms with Crippen LogP contribution in [0.5, 0.6) is 11.5 Å². The second-order valence-corrected chi connectivity index (χ2v) is 8.85. The zero-order chi connectivity index (χ0) is 17.7. The molecule has 0 fully saturated rings. The minimum Gasteiger partial charge on any atom is -0.508 e. The predicted molar refractivity (Wildman–Crippen MR) is 99.2 cm³/mol. The standard InChI is InChI=1S/C21H36O2/c1-7-21(5,6)15-9-11-17-16(10-8-14-20(2,3)4)18(22)12-13-19(17)23/h12-13,22-23H,7-11,14-15H2,1-6H3. The fraction of sp³-hybridized carbons (Fsp3) is 0.714. The first-order chi connectivity index (χ1) is 10.6. The molecule has 1 aromatic carbocycles. The fourth-order valence-corrected chi connectivity index (χ4v) is 2.94. The molecule has 0 aliphatic heterocycles. The third-order valence-corrected chi connectivity index (χ3v) is 4.97. The molecule has 0 amide bonds. The molecule has 0 aliphatic rings.